The number of benzene rings is 1. The first-order chi connectivity index (χ1) is 8.90. The second kappa shape index (κ2) is 5.83. The molecule has 0 N–H and O–H groups in total. The number of nitrogens with zero attached hydrogens (tertiary/aromatic N) is 1. The molecule has 102 valence electrons. The van der Waals surface area contributed by atoms with Crippen LogP contribution in [-0.4, -0.2) is 9.08 Å². The van der Waals surface area contributed by atoms with Crippen LogP contribution in [0.25, 0.3) is 11.1 Å². The molecule has 1 aromatic heterocycles. The van der Waals surface area contributed by atoms with Gasteiger partial charge in [0.15, 0.2) is 0 Å². The van der Waals surface area contributed by atoms with Crippen LogP contribution in [0.15, 0.2) is 16.7 Å². The fourth-order valence-electron chi connectivity index (χ4n) is 2.41. The highest BCUT2D eigenvalue weighted by Gasteiger charge is 2.17. The lowest BCUT2D eigenvalue weighted by Crippen LogP contribution is -1.98. The van der Waals surface area contributed by atoms with Gasteiger partial charge in [-0.3, -0.25) is 0 Å². The molecule has 0 spiro atoms. The molecule has 2 rings (SSSR count). The van der Waals surface area contributed by atoms with E-state index in [1.54, 1.807) is 0 Å². The first kappa shape index (κ1) is 14.9. The van der Waals surface area contributed by atoms with Crippen LogP contribution in [0.2, 0.25) is 5.02 Å². The van der Waals surface area contributed by atoms with Crippen LogP contribution < -0.4 is 0 Å². The van der Waals surface area contributed by atoms with Gasteiger partial charge in [-0.1, -0.05) is 52.3 Å². The quantitative estimate of drug-likeness (QED) is 0.527. The number of rotatable bonds is 3. The van der Waals surface area contributed by atoms with Crippen LogP contribution in [0.4, 0.5) is 0 Å². The molecule has 1 heterocycles. The Morgan fingerprint density at radius 3 is 2.42 bits per heavy atom. The minimum atomic E-state index is 0.595. The Hall–Kier alpha value is -0.550. The second-order valence-electron chi connectivity index (χ2n) is 4.95. The van der Waals surface area contributed by atoms with E-state index in [9.17, 15) is 0 Å². The van der Waals surface area contributed by atoms with Crippen LogP contribution >= 0.6 is 34.2 Å². The lowest BCUT2D eigenvalue weighted by atomic mass is 9.96. The van der Waals surface area contributed by atoms with Crippen molar-refractivity contribution in [3.63, 3.8) is 0 Å². The maximum Gasteiger partial charge on any atom is 0.141 e. The Bertz CT molecular complexity index is 562. The van der Waals surface area contributed by atoms with Crippen LogP contribution in [0.5, 0.6) is 0 Å². The van der Waals surface area contributed by atoms with Gasteiger partial charge in [0.2, 0.25) is 0 Å². The Kier molecular flexibility index (Phi) is 4.56. The lowest BCUT2D eigenvalue weighted by Gasteiger charge is -2.12. The first-order valence-corrected chi connectivity index (χ1v) is 7.88. The third kappa shape index (κ3) is 3.14. The topological polar surface area (TPSA) is 26.0 Å². The molecule has 0 aliphatic rings. The van der Waals surface area contributed by atoms with E-state index in [1.807, 2.05) is 13.8 Å². The smallest absolute Gasteiger partial charge is 0.141 e. The third-order valence-electron chi connectivity index (χ3n) is 3.15. The van der Waals surface area contributed by atoms with Gasteiger partial charge in [-0.15, -0.1) is 0 Å². The molecule has 1 unspecified atom stereocenters. The van der Waals surface area contributed by atoms with Gasteiger partial charge >= 0.3 is 0 Å². The van der Waals surface area contributed by atoms with Gasteiger partial charge in [-0.2, -0.15) is 0 Å². The molecule has 0 aliphatic heterocycles. The standard InChI is InChI=1S/C15H17ClINO/c1-8-5-12(6-9(2)17)7-13(16)14(8)15-10(3)18-19-11(15)4/h5,7,9H,6H2,1-4H3. The van der Waals surface area contributed by atoms with E-state index >= 15 is 0 Å². The highest BCUT2D eigenvalue weighted by molar-refractivity contribution is 14.1. The summed E-state index contributed by atoms with van der Waals surface area (Å²) < 4.78 is 5.84. The van der Waals surface area contributed by atoms with E-state index in [2.05, 4.69) is 53.7 Å². The number of aryl methyl sites for hydroxylation is 3. The van der Waals surface area contributed by atoms with Crippen molar-refractivity contribution in [3.8, 4) is 11.1 Å². The first-order valence-electron chi connectivity index (χ1n) is 6.26. The molecule has 0 aliphatic carbocycles. The largest absolute Gasteiger partial charge is 0.361 e. The minimum absolute atomic E-state index is 0.595. The van der Waals surface area contributed by atoms with Crippen LogP contribution in [0.3, 0.4) is 0 Å². The summed E-state index contributed by atoms with van der Waals surface area (Å²) in [5, 5.41) is 4.79. The van der Waals surface area contributed by atoms with E-state index in [0.717, 1.165) is 34.0 Å². The molecule has 0 fully saturated rings. The SMILES string of the molecule is Cc1cc(CC(C)I)cc(Cl)c1-c1c(C)noc1C. The predicted octanol–water partition coefficient (Wildman–Crippen LogP) is 5.29. The van der Waals surface area contributed by atoms with Gasteiger partial charge in [0.25, 0.3) is 0 Å². The molecular weight excluding hydrogens is 373 g/mol. The summed E-state index contributed by atoms with van der Waals surface area (Å²) in [6.45, 7) is 8.16. The maximum absolute atomic E-state index is 6.48. The fourth-order valence-corrected chi connectivity index (χ4v) is 3.31. The van der Waals surface area contributed by atoms with Crippen molar-refractivity contribution in [3.05, 3.63) is 39.7 Å². The predicted molar refractivity (Wildman–Crippen MR) is 88.3 cm³/mol. The molecule has 19 heavy (non-hydrogen) atoms. The van der Waals surface area contributed by atoms with Gasteiger partial charge in [-0.05, 0) is 44.4 Å². The summed E-state index contributed by atoms with van der Waals surface area (Å²) in [7, 11) is 0. The van der Waals surface area contributed by atoms with Gasteiger partial charge in [-0.25, -0.2) is 0 Å². The lowest BCUT2D eigenvalue weighted by molar-refractivity contribution is 0.393. The number of hydrogen-bond donors (Lipinski definition) is 0. The number of hydrogen-bond acceptors (Lipinski definition) is 2. The molecule has 2 aromatic rings. The zero-order valence-corrected chi connectivity index (χ0v) is 14.5. The molecule has 0 radical (unpaired) electrons. The van der Waals surface area contributed by atoms with Gasteiger partial charge in [0, 0.05) is 20.1 Å². The van der Waals surface area contributed by atoms with Crippen molar-refractivity contribution in [2.75, 3.05) is 0 Å². The number of halogens is 2. The van der Waals surface area contributed by atoms with E-state index in [-0.39, 0.29) is 0 Å². The molecule has 4 heteroatoms. The summed E-state index contributed by atoms with van der Waals surface area (Å²) >= 11 is 8.91. The van der Waals surface area contributed by atoms with Crippen LogP contribution in [0.1, 0.15) is 29.5 Å². The van der Waals surface area contributed by atoms with Crippen molar-refractivity contribution in [2.45, 2.75) is 38.0 Å². The van der Waals surface area contributed by atoms with Crippen LogP contribution in [0, 0.1) is 20.8 Å². The highest BCUT2D eigenvalue weighted by Crippen LogP contribution is 2.36. The van der Waals surface area contributed by atoms with Gasteiger partial charge < -0.3 is 4.52 Å². The van der Waals surface area contributed by atoms with Gasteiger partial charge in [0.05, 0.1) is 5.69 Å². The molecule has 1 atom stereocenters. The van der Waals surface area contributed by atoms with Crippen molar-refractivity contribution in [2.24, 2.45) is 0 Å². The summed E-state index contributed by atoms with van der Waals surface area (Å²) in [5.74, 6) is 0.817. The van der Waals surface area contributed by atoms with E-state index < -0.39 is 0 Å². The molecule has 0 bridgehead atoms. The molecule has 0 saturated heterocycles. The molecule has 2 nitrogen and oxygen atoms in total. The summed E-state index contributed by atoms with van der Waals surface area (Å²) in [6.07, 6.45) is 1.03. The van der Waals surface area contributed by atoms with Crippen molar-refractivity contribution < 1.29 is 4.52 Å². The fraction of sp³-hybridized carbons (Fsp3) is 0.400. The average molecular weight is 390 g/mol. The van der Waals surface area contributed by atoms with E-state index in [0.29, 0.717) is 3.92 Å². The summed E-state index contributed by atoms with van der Waals surface area (Å²) in [5.41, 5.74) is 5.41. The summed E-state index contributed by atoms with van der Waals surface area (Å²) in [4.78, 5) is 0. The zero-order chi connectivity index (χ0) is 14.2. The van der Waals surface area contributed by atoms with E-state index in [1.165, 1.54) is 11.1 Å². The third-order valence-corrected chi connectivity index (χ3v) is 3.89. The number of alkyl halides is 1. The maximum atomic E-state index is 6.48. The Morgan fingerprint density at radius 1 is 1.26 bits per heavy atom. The van der Waals surface area contributed by atoms with Crippen LogP contribution in [-0.2, 0) is 6.42 Å². The van der Waals surface area contributed by atoms with Crippen molar-refractivity contribution >= 4 is 34.2 Å². The van der Waals surface area contributed by atoms with Gasteiger partial charge in [0.1, 0.15) is 5.76 Å². The highest BCUT2D eigenvalue weighted by atomic mass is 127. The van der Waals surface area contributed by atoms with Crippen molar-refractivity contribution in [1.29, 1.82) is 0 Å². The molecule has 1 aromatic carbocycles. The Morgan fingerprint density at radius 2 is 1.95 bits per heavy atom. The second-order valence-corrected chi connectivity index (χ2v) is 7.49. The number of aromatic nitrogens is 1. The minimum Gasteiger partial charge on any atom is -0.361 e. The normalized spacial score (nSPS) is 12.7. The molecule has 0 amide bonds. The Balaban J connectivity index is 2.54. The molecular formula is C15H17ClINO. The average Bonchev–Trinajstić information content (AvgIpc) is 2.59. The van der Waals surface area contributed by atoms with E-state index in [4.69, 9.17) is 16.1 Å². The molecule has 0 saturated carbocycles. The summed E-state index contributed by atoms with van der Waals surface area (Å²) in [6, 6.07) is 4.27. The Labute approximate surface area is 132 Å². The zero-order valence-electron chi connectivity index (χ0n) is 11.6. The van der Waals surface area contributed by atoms with Crippen molar-refractivity contribution in [1.82, 2.24) is 5.16 Å². The monoisotopic (exact) mass is 389 g/mol.